The van der Waals surface area contributed by atoms with Crippen molar-refractivity contribution in [1.82, 2.24) is 5.32 Å². The van der Waals surface area contributed by atoms with E-state index < -0.39 is 5.82 Å². The predicted molar refractivity (Wildman–Crippen MR) is 70.4 cm³/mol. The van der Waals surface area contributed by atoms with E-state index in [1.807, 2.05) is 6.92 Å². The number of para-hydroxylation sites is 1. The van der Waals surface area contributed by atoms with Gasteiger partial charge >= 0.3 is 0 Å². The standard InChI is InChI=1S/C14H15FN2O2/c1-2-16-13-11(4-3-5-12(13)15)14(18)17-8-10-6-7-19-9-10/h3-7,9,16H,2,8H2,1H3,(H,17,18). The van der Waals surface area contributed by atoms with Gasteiger partial charge in [-0.3, -0.25) is 4.79 Å². The van der Waals surface area contributed by atoms with E-state index in [-0.39, 0.29) is 11.6 Å². The highest BCUT2D eigenvalue weighted by atomic mass is 19.1. The maximum Gasteiger partial charge on any atom is 0.253 e. The third-order valence-electron chi connectivity index (χ3n) is 2.64. The van der Waals surface area contributed by atoms with Crippen molar-refractivity contribution in [1.29, 1.82) is 0 Å². The predicted octanol–water partition coefficient (Wildman–Crippen LogP) is 2.78. The first kappa shape index (κ1) is 13.1. The average molecular weight is 262 g/mol. The number of hydrogen-bond acceptors (Lipinski definition) is 3. The van der Waals surface area contributed by atoms with Crippen molar-refractivity contribution in [2.24, 2.45) is 0 Å². The molecule has 100 valence electrons. The maximum atomic E-state index is 13.7. The molecule has 0 saturated carbocycles. The van der Waals surface area contributed by atoms with Crippen LogP contribution in [0.15, 0.2) is 41.2 Å². The number of anilines is 1. The molecular formula is C14H15FN2O2. The third kappa shape index (κ3) is 3.13. The fourth-order valence-corrected chi connectivity index (χ4v) is 1.74. The fourth-order valence-electron chi connectivity index (χ4n) is 1.74. The Labute approximate surface area is 110 Å². The zero-order valence-electron chi connectivity index (χ0n) is 10.6. The lowest BCUT2D eigenvalue weighted by atomic mass is 10.1. The molecule has 4 nitrogen and oxygen atoms in total. The number of furan rings is 1. The maximum absolute atomic E-state index is 13.7. The lowest BCUT2D eigenvalue weighted by Crippen LogP contribution is -2.24. The second kappa shape index (κ2) is 6.04. The molecule has 0 radical (unpaired) electrons. The van der Waals surface area contributed by atoms with Gasteiger partial charge in [-0.1, -0.05) is 6.07 Å². The molecule has 2 aromatic rings. The van der Waals surface area contributed by atoms with Gasteiger partial charge in [0.05, 0.1) is 23.8 Å². The lowest BCUT2D eigenvalue weighted by molar-refractivity contribution is 0.0951. The van der Waals surface area contributed by atoms with E-state index in [0.717, 1.165) is 5.56 Å². The number of nitrogens with one attached hydrogen (secondary N) is 2. The van der Waals surface area contributed by atoms with Crippen LogP contribution in [0.1, 0.15) is 22.8 Å². The highest BCUT2D eigenvalue weighted by molar-refractivity contribution is 5.99. The van der Waals surface area contributed by atoms with E-state index in [0.29, 0.717) is 18.7 Å². The summed E-state index contributed by atoms with van der Waals surface area (Å²) in [6, 6.07) is 6.19. The first-order chi connectivity index (χ1) is 9.22. The number of carbonyl (C=O) groups excluding carboxylic acids is 1. The van der Waals surface area contributed by atoms with Crippen LogP contribution in [0.4, 0.5) is 10.1 Å². The molecule has 5 heteroatoms. The molecule has 1 amide bonds. The molecule has 0 aliphatic rings. The van der Waals surface area contributed by atoms with E-state index in [1.54, 1.807) is 18.4 Å². The largest absolute Gasteiger partial charge is 0.472 e. The molecule has 0 fully saturated rings. The Morgan fingerprint density at radius 3 is 2.89 bits per heavy atom. The molecule has 0 unspecified atom stereocenters. The Morgan fingerprint density at radius 1 is 1.37 bits per heavy atom. The minimum Gasteiger partial charge on any atom is -0.472 e. The van der Waals surface area contributed by atoms with Gasteiger partial charge in [0.25, 0.3) is 5.91 Å². The summed E-state index contributed by atoms with van der Waals surface area (Å²) in [7, 11) is 0. The highest BCUT2D eigenvalue weighted by Gasteiger charge is 2.14. The van der Waals surface area contributed by atoms with Crippen molar-refractivity contribution in [2.75, 3.05) is 11.9 Å². The Morgan fingerprint density at radius 2 is 2.21 bits per heavy atom. The molecule has 0 bridgehead atoms. The molecule has 0 aliphatic heterocycles. The third-order valence-corrected chi connectivity index (χ3v) is 2.64. The van der Waals surface area contributed by atoms with Crippen molar-refractivity contribution in [3.8, 4) is 0 Å². The van der Waals surface area contributed by atoms with Gasteiger partial charge in [-0.15, -0.1) is 0 Å². The van der Waals surface area contributed by atoms with E-state index in [9.17, 15) is 9.18 Å². The van der Waals surface area contributed by atoms with Crippen molar-refractivity contribution in [2.45, 2.75) is 13.5 Å². The Bertz CT molecular complexity index is 553. The van der Waals surface area contributed by atoms with Crippen LogP contribution in [0, 0.1) is 5.82 Å². The number of halogens is 1. The number of rotatable bonds is 5. The molecule has 0 aliphatic carbocycles. The van der Waals surface area contributed by atoms with Crippen LogP contribution >= 0.6 is 0 Å². The molecule has 2 rings (SSSR count). The van der Waals surface area contributed by atoms with Gasteiger partial charge in [0.1, 0.15) is 5.82 Å². The number of carbonyl (C=O) groups is 1. The molecule has 2 N–H and O–H groups in total. The lowest BCUT2D eigenvalue weighted by Gasteiger charge is -2.11. The minimum atomic E-state index is -0.433. The summed E-state index contributed by atoms with van der Waals surface area (Å²) in [6.45, 7) is 2.74. The van der Waals surface area contributed by atoms with E-state index in [4.69, 9.17) is 4.42 Å². The Kier molecular flexibility index (Phi) is 4.18. The zero-order chi connectivity index (χ0) is 13.7. The van der Waals surface area contributed by atoms with Crippen molar-refractivity contribution >= 4 is 11.6 Å². The van der Waals surface area contributed by atoms with Crippen LogP contribution in [-0.2, 0) is 6.54 Å². The SMILES string of the molecule is CCNc1c(F)cccc1C(=O)NCc1ccoc1. The van der Waals surface area contributed by atoms with E-state index in [2.05, 4.69) is 10.6 Å². The fraction of sp³-hybridized carbons (Fsp3) is 0.214. The van der Waals surface area contributed by atoms with Crippen molar-refractivity contribution in [3.05, 3.63) is 53.7 Å². The molecule has 0 spiro atoms. The van der Waals surface area contributed by atoms with Crippen LogP contribution in [0.3, 0.4) is 0 Å². The summed E-state index contributed by atoms with van der Waals surface area (Å²) in [6.07, 6.45) is 3.09. The van der Waals surface area contributed by atoms with Crippen LogP contribution in [-0.4, -0.2) is 12.5 Å². The summed E-state index contributed by atoms with van der Waals surface area (Å²) in [5.74, 6) is -0.755. The first-order valence-corrected chi connectivity index (χ1v) is 6.04. The first-order valence-electron chi connectivity index (χ1n) is 6.04. The minimum absolute atomic E-state index is 0.231. The molecule has 19 heavy (non-hydrogen) atoms. The molecule has 0 atom stereocenters. The topological polar surface area (TPSA) is 54.3 Å². The van der Waals surface area contributed by atoms with Gasteiger partial charge < -0.3 is 15.1 Å². The quantitative estimate of drug-likeness (QED) is 0.871. The van der Waals surface area contributed by atoms with Crippen molar-refractivity contribution in [3.63, 3.8) is 0 Å². The smallest absolute Gasteiger partial charge is 0.253 e. The molecule has 1 aromatic carbocycles. The van der Waals surface area contributed by atoms with Crippen LogP contribution in [0.5, 0.6) is 0 Å². The second-order valence-corrected chi connectivity index (χ2v) is 4.01. The number of hydrogen-bond donors (Lipinski definition) is 2. The summed E-state index contributed by atoms with van der Waals surface area (Å²) in [5.41, 5.74) is 1.38. The molecule has 1 heterocycles. The molecule has 0 saturated heterocycles. The van der Waals surface area contributed by atoms with Gasteiger partial charge in [-0.2, -0.15) is 0 Å². The summed E-state index contributed by atoms with van der Waals surface area (Å²) >= 11 is 0. The van der Waals surface area contributed by atoms with E-state index >= 15 is 0 Å². The van der Waals surface area contributed by atoms with Gasteiger partial charge in [0.15, 0.2) is 0 Å². The number of amides is 1. The van der Waals surface area contributed by atoms with Gasteiger partial charge in [-0.05, 0) is 25.1 Å². The van der Waals surface area contributed by atoms with Crippen LogP contribution in [0.25, 0.3) is 0 Å². The normalized spacial score (nSPS) is 10.2. The average Bonchev–Trinajstić information content (AvgIpc) is 2.92. The van der Waals surface area contributed by atoms with Crippen LogP contribution < -0.4 is 10.6 Å². The van der Waals surface area contributed by atoms with Gasteiger partial charge in [-0.25, -0.2) is 4.39 Å². The summed E-state index contributed by atoms with van der Waals surface area (Å²) in [5, 5.41) is 5.59. The van der Waals surface area contributed by atoms with Crippen LogP contribution in [0.2, 0.25) is 0 Å². The summed E-state index contributed by atoms with van der Waals surface area (Å²) in [4.78, 5) is 12.0. The summed E-state index contributed by atoms with van der Waals surface area (Å²) < 4.78 is 18.6. The van der Waals surface area contributed by atoms with Gasteiger partial charge in [0, 0.05) is 18.7 Å². The molecular weight excluding hydrogens is 247 g/mol. The Hall–Kier alpha value is -2.30. The van der Waals surface area contributed by atoms with E-state index in [1.165, 1.54) is 18.4 Å². The monoisotopic (exact) mass is 262 g/mol. The number of benzene rings is 1. The zero-order valence-corrected chi connectivity index (χ0v) is 10.6. The Balaban J connectivity index is 2.12. The highest BCUT2D eigenvalue weighted by Crippen LogP contribution is 2.19. The van der Waals surface area contributed by atoms with Crippen molar-refractivity contribution < 1.29 is 13.6 Å². The molecule has 1 aromatic heterocycles. The second-order valence-electron chi connectivity index (χ2n) is 4.01. The van der Waals surface area contributed by atoms with Gasteiger partial charge in [0.2, 0.25) is 0 Å².